The molecular formula is C24H25F3N6O5. The SMILES string of the molecule is CCOc1cc(-c2ccc(N3CCC[C@H](N(C)C(=O)O)C3)nc2)c2c(C#N)cnn2c1.O=C(O)C(F)(F)F. The Balaban J connectivity index is 0.000000505. The number of nitriles is 1. The molecule has 0 spiro atoms. The third kappa shape index (κ3) is 6.41. The topological polar surface area (TPSA) is 144 Å². The van der Waals surface area contributed by atoms with Crippen molar-refractivity contribution >= 4 is 23.4 Å². The van der Waals surface area contributed by atoms with Crippen LogP contribution in [-0.2, 0) is 4.79 Å². The number of ether oxygens (including phenoxy) is 1. The van der Waals surface area contributed by atoms with Gasteiger partial charge in [-0.25, -0.2) is 19.1 Å². The van der Waals surface area contributed by atoms with Crippen LogP contribution in [-0.4, -0.2) is 80.7 Å². The zero-order chi connectivity index (χ0) is 28.0. The lowest BCUT2D eigenvalue weighted by molar-refractivity contribution is -0.192. The number of carbonyl (C=O) groups is 2. The average Bonchev–Trinajstić information content (AvgIpc) is 3.31. The largest absolute Gasteiger partial charge is 0.492 e. The van der Waals surface area contributed by atoms with Crippen LogP contribution >= 0.6 is 0 Å². The van der Waals surface area contributed by atoms with Gasteiger partial charge in [0.25, 0.3) is 0 Å². The molecule has 3 aromatic rings. The van der Waals surface area contributed by atoms with Crippen LogP contribution in [0.25, 0.3) is 16.6 Å². The number of anilines is 1. The van der Waals surface area contributed by atoms with E-state index < -0.39 is 18.2 Å². The summed E-state index contributed by atoms with van der Waals surface area (Å²) in [5.41, 5.74) is 2.86. The summed E-state index contributed by atoms with van der Waals surface area (Å²) < 4.78 is 39.1. The molecule has 38 heavy (non-hydrogen) atoms. The van der Waals surface area contributed by atoms with Crippen molar-refractivity contribution in [2.75, 3.05) is 31.6 Å². The Bertz CT molecular complexity index is 1340. The highest BCUT2D eigenvalue weighted by Gasteiger charge is 2.38. The number of nitrogens with zero attached hydrogens (tertiary/aromatic N) is 6. The molecule has 3 aromatic heterocycles. The lowest BCUT2D eigenvalue weighted by atomic mass is 10.0. The van der Waals surface area contributed by atoms with Crippen molar-refractivity contribution in [2.45, 2.75) is 32.0 Å². The lowest BCUT2D eigenvalue weighted by Crippen LogP contribution is -2.48. The second-order valence-corrected chi connectivity index (χ2v) is 8.33. The van der Waals surface area contributed by atoms with E-state index in [1.165, 1.54) is 4.90 Å². The zero-order valence-corrected chi connectivity index (χ0v) is 20.5. The number of alkyl halides is 3. The van der Waals surface area contributed by atoms with Crippen molar-refractivity contribution in [3.05, 3.63) is 42.4 Å². The van der Waals surface area contributed by atoms with E-state index in [9.17, 15) is 28.3 Å². The number of amides is 1. The third-order valence-corrected chi connectivity index (χ3v) is 5.89. The Morgan fingerprint density at radius 1 is 1.29 bits per heavy atom. The number of hydrogen-bond donors (Lipinski definition) is 2. The van der Waals surface area contributed by atoms with E-state index in [-0.39, 0.29) is 6.04 Å². The molecule has 4 rings (SSSR count). The Hall–Kier alpha value is -4.54. The van der Waals surface area contributed by atoms with Gasteiger partial charge in [-0.05, 0) is 38.0 Å². The normalized spacial score (nSPS) is 15.3. The quantitative estimate of drug-likeness (QED) is 0.498. The van der Waals surface area contributed by atoms with Crippen LogP contribution in [0.5, 0.6) is 5.75 Å². The van der Waals surface area contributed by atoms with E-state index in [2.05, 4.69) is 21.1 Å². The predicted molar refractivity (Wildman–Crippen MR) is 129 cm³/mol. The summed E-state index contributed by atoms with van der Waals surface area (Å²) in [5.74, 6) is -1.29. The molecule has 0 radical (unpaired) electrons. The lowest BCUT2D eigenvalue weighted by Gasteiger charge is -2.37. The highest BCUT2D eigenvalue weighted by Crippen LogP contribution is 2.31. The van der Waals surface area contributed by atoms with Gasteiger partial charge in [-0.1, -0.05) is 0 Å². The van der Waals surface area contributed by atoms with Crippen molar-refractivity contribution in [1.82, 2.24) is 19.5 Å². The standard InChI is InChI=1S/C22H24N6O3.C2HF3O2/c1-3-31-18-9-19(21-16(10-23)12-25-28(21)14-18)15-6-7-20(24-11-15)27-8-4-5-17(13-27)26(2)22(29)30;3-2(4,5)1(6)7/h6-7,9,11-12,14,17H,3-5,8,13H2,1-2H3,(H,29,30);(H,6,7)/t17-;/m0./s1. The van der Waals surface area contributed by atoms with Gasteiger partial charge in [0.2, 0.25) is 0 Å². The number of piperidine rings is 1. The molecule has 14 heteroatoms. The molecule has 11 nitrogen and oxygen atoms in total. The van der Waals surface area contributed by atoms with Crippen molar-refractivity contribution < 1.29 is 37.7 Å². The molecule has 1 fully saturated rings. The Morgan fingerprint density at radius 3 is 2.55 bits per heavy atom. The van der Waals surface area contributed by atoms with Gasteiger partial charge in [0.15, 0.2) is 0 Å². The zero-order valence-electron chi connectivity index (χ0n) is 20.5. The number of aromatic nitrogens is 3. The molecule has 1 saturated heterocycles. The molecule has 0 aromatic carbocycles. The van der Waals surface area contributed by atoms with Crippen LogP contribution < -0.4 is 9.64 Å². The van der Waals surface area contributed by atoms with Gasteiger partial charge in [-0.15, -0.1) is 0 Å². The van der Waals surface area contributed by atoms with E-state index in [4.69, 9.17) is 14.6 Å². The number of fused-ring (bicyclic) bond motifs is 1. The molecule has 1 atom stereocenters. The van der Waals surface area contributed by atoms with Crippen LogP contribution in [0.2, 0.25) is 0 Å². The summed E-state index contributed by atoms with van der Waals surface area (Å²) >= 11 is 0. The minimum atomic E-state index is -5.08. The predicted octanol–water partition coefficient (Wildman–Crippen LogP) is 3.88. The number of carboxylic acid groups (broad SMARTS) is 2. The molecule has 2 N–H and O–H groups in total. The molecule has 1 aliphatic heterocycles. The Labute approximate surface area is 215 Å². The highest BCUT2D eigenvalue weighted by atomic mass is 19.4. The smallest absolute Gasteiger partial charge is 0.490 e. The van der Waals surface area contributed by atoms with Crippen LogP contribution in [0.3, 0.4) is 0 Å². The number of hydrogen-bond acceptors (Lipinski definition) is 7. The molecule has 1 aliphatic rings. The van der Waals surface area contributed by atoms with Gasteiger partial charge >= 0.3 is 18.2 Å². The van der Waals surface area contributed by atoms with E-state index in [1.807, 2.05) is 25.1 Å². The number of halogens is 3. The highest BCUT2D eigenvalue weighted by molar-refractivity contribution is 5.85. The van der Waals surface area contributed by atoms with E-state index in [1.54, 1.807) is 30.2 Å². The molecular weight excluding hydrogens is 509 g/mol. The van der Waals surface area contributed by atoms with Gasteiger partial charge < -0.3 is 24.7 Å². The third-order valence-electron chi connectivity index (χ3n) is 5.89. The van der Waals surface area contributed by atoms with E-state index >= 15 is 0 Å². The van der Waals surface area contributed by atoms with Gasteiger partial charge in [-0.3, -0.25) is 0 Å². The van der Waals surface area contributed by atoms with Crippen molar-refractivity contribution in [3.63, 3.8) is 0 Å². The van der Waals surface area contributed by atoms with Gasteiger partial charge in [-0.2, -0.15) is 23.5 Å². The van der Waals surface area contributed by atoms with Crippen molar-refractivity contribution in [1.29, 1.82) is 5.26 Å². The molecule has 0 aliphatic carbocycles. The average molecular weight is 534 g/mol. The second kappa shape index (κ2) is 11.7. The monoisotopic (exact) mass is 534 g/mol. The van der Waals surface area contributed by atoms with Crippen LogP contribution in [0, 0.1) is 11.3 Å². The fourth-order valence-corrected chi connectivity index (χ4v) is 4.01. The maximum Gasteiger partial charge on any atom is 0.490 e. The molecule has 1 amide bonds. The van der Waals surface area contributed by atoms with Crippen molar-refractivity contribution in [2.24, 2.45) is 0 Å². The van der Waals surface area contributed by atoms with Crippen molar-refractivity contribution in [3.8, 4) is 22.9 Å². The summed E-state index contributed by atoms with van der Waals surface area (Å²) in [4.78, 5) is 28.3. The molecule has 0 unspecified atom stereocenters. The molecule has 4 heterocycles. The maximum atomic E-state index is 11.3. The summed E-state index contributed by atoms with van der Waals surface area (Å²) in [7, 11) is 1.61. The minimum absolute atomic E-state index is 0.0554. The van der Waals surface area contributed by atoms with E-state index in [0.717, 1.165) is 36.3 Å². The van der Waals surface area contributed by atoms with E-state index in [0.29, 0.717) is 30.0 Å². The van der Waals surface area contributed by atoms with Crippen LogP contribution in [0.15, 0.2) is 36.8 Å². The first-order valence-electron chi connectivity index (χ1n) is 11.5. The first-order chi connectivity index (χ1) is 18.0. The number of rotatable bonds is 5. The fourth-order valence-electron chi connectivity index (χ4n) is 4.01. The van der Waals surface area contributed by atoms with Crippen LogP contribution in [0.4, 0.5) is 23.8 Å². The van der Waals surface area contributed by atoms with Crippen LogP contribution in [0.1, 0.15) is 25.3 Å². The molecule has 0 bridgehead atoms. The summed E-state index contributed by atoms with van der Waals surface area (Å²) in [5, 5.41) is 30.2. The van der Waals surface area contributed by atoms with Gasteiger partial charge in [0.1, 0.15) is 17.6 Å². The number of carboxylic acids is 1. The Kier molecular flexibility index (Phi) is 8.61. The Morgan fingerprint density at radius 2 is 2.00 bits per heavy atom. The first-order valence-corrected chi connectivity index (χ1v) is 11.5. The second-order valence-electron chi connectivity index (χ2n) is 8.33. The molecule has 0 saturated carbocycles. The number of aliphatic carboxylic acids is 1. The van der Waals surface area contributed by atoms with Gasteiger partial charge in [0.05, 0.1) is 36.1 Å². The maximum absolute atomic E-state index is 11.3. The van der Waals surface area contributed by atoms with Gasteiger partial charge in [0, 0.05) is 37.5 Å². The summed E-state index contributed by atoms with van der Waals surface area (Å²) in [6.45, 7) is 3.88. The number of likely N-dealkylation sites (N-methyl/N-ethyl adjacent to an activating group) is 1. The number of pyridine rings is 2. The summed E-state index contributed by atoms with van der Waals surface area (Å²) in [6.07, 6.45) is 0.837. The molecule has 202 valence electrons. The first kappa shape index (κ1) is 28.0. The minimum Gasteiger partial charge on any atom is -0.492 e. The fraction of sp³-hybridized carbons (Fsp3) is 0.375. The summed E-state index contributed by atoms with van der Waals surface area (Å²) in [6, 6.07) is 7.94.